The highest BCUT2D eigenvalue weighted by atomic mass is 35.5. The molecule has 0 atom stereocenters. The van der Waals surface area contributed by atoms with Crippen molar-refractivity contribution >= 4 is 41.1 Å². The van der Waals surface area contributed by atoms with Gasteiger partial charge in [-0.2, -0.15) is 13.2 Å². The van der Waals surface area contributed by atoms with Crippen molar-refractivity contribution < 1.29 is 27.9 Å². The number of nitrogens with zero attached hydrogens (tertiary/aromatic N) is 3. The zero-order valence-corrected chi connectivity index (χ0v) is 20.1. The normalized spacial score (nSPS) is 11.5. The molecule has 0 saturated carbocycles. The molecule has 1 heterocycles. The Kier molecular flexibility index (Phi) is 8.31. The number of hydrogen-bond donors (Lipinski definition) is 2. The highest BCUT2D eigenvalue weighted by Crippen LogP contribution is 2.29. The summed E-state index contributed by atoms with van der Waals surface area (Å²) in [5.74, 6) is -0.643. The van der Waals surface area contributed by atoms with Crippen LogP contribution in [0.25, 0.3) is 6.08 Å². The van der Waals surface area contributed by atoms with Gasteiger partial charge in [0.15, 0.2) is 0 Å². The molecule has 0 unspecified atom stereocenters. The van der Waals surface area contributed by atoms with E-state index < -0.39 is 23.6 Å². The zero-order chi connectivity index (χ0) is 26.5. The van der Waals surface area contributed by atoms with Crippen molar-refractivity contribution in [3.8, 4) is 0 Å². The molecule has 0 saturated heterocycles. The fourth-order valence-corrected chi connectivity index (χ4v) is 3.52. The fraction of sp³-hybridized carbons (Fsp3) is 0.200. The van der Waals surface area contributed by atoms with Crippen LogP contribution in [0.4, 0.5) is 24.7 Å². The molecule has 2 aromatic carbocycles. The number of aliphatic carboxylic acids is 1. The number of alkyl halides is 3. The van der Waals surface area contributed by atoms with Crippen molar-refractivity contribution in [1.82, 2.24) is 9.97 Å². The standard InChI is InChI=1S/C25H22ClF3N4O3/c1-33(2)24-19(14-22(35)36)23(26)31-20(32-24)13-16-5-10-18(11-6-16)30-21(34)12-7-15-3-8-17(9-4-15)25(27,28)29/h3-12H,13-14H2,1-2H3,(H,30,34)(H,35,36). The Balaban J connectivity index is 1.64. The van der Waals surface area contributed by atoms with Gasteiger partial charge in [0.2, 0.25) is 5.91 Å². The molecule has 0 bridgehead atoms. The number of carbonyl (C=O) groups excluding carboxylic acids is 1. The van der Waals surface area contributed by atoms with E-state index in [9.17, 15) is 22.8 Å². The van der Waals surface area contributed by atoms with Gasteiger partial charge in [0.1, 0.15) is 16.8 Å². The summed E-state index contributed by atoms with van der Waals surface area (Å²) in [5.41, 5.74) is 1.38. The van der Waals surface area contributed by atoms with Gasteiger partial charge in [-0.1, -0.05) is 35.9 Å². The lowest BCUT2D eigenvalue weighted by molar-refractivity contribution is -0.138. The van der Waals surface area contributed by atoms with Crippen LogP contribution in [0.15, 0.2) is 54.6 Å². The van der Waals surface area contributed by atoms with Crippen LogP contribution in [0.1, 0.15) is 28.1 Å². The Hall–Kier alpha value is -3.92. The summed E-state index contributed by atoms with van der Waals surface area (Å²) in [6.07, 6.45) is -1.73. The molecule has 0 spiro atoms. The van der Waals surface area contributed by atoms with Crippen molar-refractivity contribution in [2.24, 2.45) is 0 Å². The van der Waals surface area contributed by atoms with Gasteiger partial charge in [0, 0.05) is 37.8 Å². The van der Waals surface area contributed by atoms with E-state index in [0.29, 0.717) is 34.9 Å². The summed E-state index contributed by atoms with van der Waals surface area (Å²) in [6.45, 7) is 0. The molecule has 0 fully saturated rings. The van der Waals surface area contributed by atoms with E-state index in [4.69, 9.17) is 16.7 Å². The predicted molar refractivity (Wildman–Crippen MR) is 131 cm³/mol. The summed E-state index contributed by atoms with van der Waals surface area (Å²) >= 11 is 6.23. The molecule has 3 rings (SSSR count). The second kappa shape index (κ2) is 11.2. The number of rotatable bonds is 8. The minimum absolute atomic E-state index is 0.0785. The summed E-state index contributed by atoms with van der Waals surface area (Å²) in [5, 5.41) is 11.9. The lowest BCUT2D eigenvalue weighted by Crippen LogP contribution is -2.18. The first kappa shape index (κ1) is 26.7. The molecule has 7 nitrogen and oxygen atoms in total. The average Bonchev–Trinajstić information content (AvgIpc) is 2.80. The van der Waals surface area contributed by atoms with Crippen LogP contribution in [0, 0.1) is 0 Å². The molecule has 3 aromatic rings. The first-order valence-corrected chi connectivity index (χ1v) is 11.0. The molecule has 11 heteroatoms. The van der Waals surface area contributed by atoms with Crippen molar-refractivity contribution in [3.63, 3.8) is 0 Å². The van der Waals surface area contributed by atoms with E-state index in [2.05, 4.69) is 15.3 Å². The molecule has 2 N–H and O–H groups in total. The number of anilines is 2. The van der Waals surface area contributed by atoms with E-state index in [-0.39, 0.29) is 11.6 Å². The van der Waals surface area contributed by atoms with E-state index in [1.54, 1.807) is 43.3 Å². The van der Waals surface area contributed by atoms with E-state index in [1.807, 2.05) is 0 Å². The quantitative estimate of drug-likeness (QED) is 0.319. The van der Waals surface area contributed by atoms with Crippen molar-refractivity contribution in [2.45, 2.75) is 19.0 Å². The van der Waals surface area contributed by atoms with E-state index in [1.165, 1.54) is 24.3 Å². The Morgan fingerprint density at radius 3 is 2.25 bits per heavy atom. The van der Waals surface area contributed by atoms with Gasteiger partial charge in [0.05, 0.1) is 12.0 Å². The molecule has 1 amide bonds. The first-order valence-electron chi connectivity index (χ1n) is 10.6. The number of halogens is 4. The van der Waals surface area contributed by atoms with Gasteiger partial charge >= 0.3 is 12.1 Å². The smallest absolute Gasteiger partial charge is 0.416 e. The number of amides is 1. The summed E-state index contributed by atoms with van der Waals surface area (Å²) in [4.78, 5) is 33.7. The molecule has 188 valence electrons. The van der Waals surface area contributed by atoms with Crippen LogP contribution < -0.4 is 10.2 Å². The Bertz CT molecular complexity index is 1280. The van der Waals surface area contributed by atoms with Crippen molar-refractivity contribution in [3.05, 3.63) is 87.8 Å². The maximum atomic E-state index is 12.6. The average molecular weight is 519 g/mol. The van der Waals surface area contributed by atoms with Crippen molar-refractivity contribution in [1.29, 1.82) is 0 Å². The number of carboxylic acid groups (broad SMARTS) is 1. The van der Waals surface area contributed by atoms with Crippen LogP contribution in [-0.4, -0.2) is 41.0 Å². The lowest BCUT2D eigenvalue weighted by atomic mass is 10.1. The Labute approximate surface area is 210 Å². The molecule has 1 aromatic heterocycles. The second-order valence-corrected chi connectivity index (χ2v) is 8.37. The maximum absolute atomic E-state index is 12.6. The number of carboxylic acids is 1. The summed E-state index contributed by atoms with van der Waals surface area (Å²) < 4.78 is 37.9. The number of aromatic nitrogens is 2. The SMILES string of the molecule is CN(C)c1nc(Cc2ccc(NC(=O)C=Cc3ccc(C(F)(F)F)cc3)cc2)nc(Cl)c1CC(=O)O. The molecule has 0 radical (unpaired) electrons. The van der Waals surface area contributed by atoms with Gasteiger partial charge in [-0.25, -0.2) is 9.97 Å². The molecular weight excluding hydrogens is 497 g/mol. The van der Waals surface area contributed by atoms with Gasteiger partial charge in [-0.15, -0.1) is 0 Å². The van der Waals surface area contributed by atoms with Crippen LogP contribution in [0.5, 0.6) is 0 Å². The van der Waals surface area contributed by atoms with Gasteiger partial charge < -0.3 is 15.3 Å². The van der Waals surface area contributed by atoms with Crippen LogP contribution >= 0.6 is 11.6 Å². The summed E-state index contributed by atoms with van der Waals surface area (Å²) in [6, 6.07) is 11.4. The van der Waals surface area contributed by atoms with Gasteiger partial charge in [-0.3, -0.25) is 9.59 Å². The maximum Gasteiger partial charge on any atom is 0.416 e. The van der Waals surface area contributed by atoms with Crippen molar-refractivity contribution in [2.75, 3.05) is 24.3 Å². The minimum atomic E-state index is -4.41. The molecule has 0 aliphatic heterocycles. The summed E-state index contributed by atoms with van der Waals surface area (Å²) in [7, 11) is 3.47. The molecule has 0 aliphatic rings. The first-order chi connectivity index (χ1) is 16.9. The van der Waals surface area contributed by atoms with Gasteiger partial charge in [0.25, 0.3) is 0 Å². The third-order valence-electron chi connectivity index (χ3n) is 4.98. The van der Waals surface area contributed by atoms with E-state index >= 15 is 0 Å². The monoisotopic (exact) mass is 518 g/mol. The molecular formula is C25H22ClF3N4O3. The third-order valence-corrected chi connectivity index (χ3v) is 5.29. The topological polar surface area (TPSA) is 95.4 Å². The molecule has 0 aliphatic carbocycles. The Morgan fingerprint density at radius 2 is 1.69 bits per heavy atom. The third kappa shape index (κ3) is 7.29. The fourth-order valence-electron chi connectivity index (χ4n) is 3.27. The van der Waals surface area contributed by atoms with Crippen LogP contribution in [-0.2, 0) is 28.6 Å². The highest BCUT2D eigenvalue weighted by molar-refractivity contribution is 6.30. The minimum Gasteiger partial charge on any atom is -0.481 e. The zero-order valence-electron chi connectivity index (χ0n) is 19.3. The van der Waals surface area contributed by atoms with Crippen LogP contribution in [0.2, 0.25) is 5.15 Å². The number of hydrogen-bond acceptors (Lipinski definition) is 5. The van der Waals surface area contributed by atoms with E-state index in [0.717, 1.165) is 17.7 Å². The number of carbonyl (C=O) groups is 2. The molecule has 36 heavy (non-hydrogen) atoms. The number of nitrogens with one attached hydrogen (secondary N) is 1. The largest absolute Gasteiger partial charge is 0.481 e. The lowest BCUT2D eigenvalue weighted by Gasteiger charge is -2.17. The second-order valence-electron chi connectivity index (χ2n) is 8.01. The highest BCUT2D eigenvalue weighted by Gasteiger charge is 2.29. The predicted octanol–water partition coefficient (Wildman–Crippen LogP) is 5.08. The van der Waals surface area contributed by atoms with Gasteiger partial charge in [-0.05, 0) is 41.5 Å². The Morgan fingerprint density at radius 1 is 1.06 bits per heavy atom. The van der Waals surface area contributed by atoms with Crippen LogP contribution in [0.3, 0.4) is 0 Å². The number of benzene rings is 2.